The molecule has 0 spiro atoms. The van der Waals surface area contributed by atoms with E-state index in [-0.39, 0.29) is 0 Å². The highest BCUT2D eigenvalue weighted by atomic mass is 16.5. The van der Waals surface area contributed by atoms with Gasteiger partial charge in [0.15, 0.2) is 0 Å². The number of benzene rings is 2. The first-order valence-corrected chi connectivity index (χ1v) is 10.7. The van der Waals surface area contributed by atoms with E-state index in [4.69, 9.17) is 16.2 Å². The fourth-order valence-electron chi connectivity index (χ4n) is 4.22. The molecule has 0 saturated carbocycles. The Labute approximate surface area is 191 Å². The van der Waals surface area contributed by atoms with Crippen LogP contribution in [0.25, 0.3) is 22.2 Å². The van der Waals surface area contributed by atoms with Gasteiger partial charge < -0.3 is 26.4 Å². The molecule has 5 rings (SSSR count). The molecule has 168 valence electrons. The van der Waals surface area contributed by atoms with Gasteiger partial charge in [0, 0.05) is 24.8 Å². The number of nitrogens with two attached hydrogens (primary N) is 2. The average Bonchev–Trinajstić information content (AvgIpc) is 2.80. The molecule has 0 unspecified atom stereocenters. The van der Waals surface area contributed by atoms with Gasteiger partial charge in [-0.3, -0.25) is 4.98 Å². The Morgan fingerprint density at radius 3 is 2.70 bits per heavy atom. The number of methoxy groups -OCH3 is 1. The zero-order valence-electron chi connectivity index (χ0n) is 18.9. The summed E-state index contributed by atoms with van der Waals surface area (Å²) in [4.78, 5) is 11.2. The maximum Gasteiger partial charge on any atom is 0.247 e. The van der Waals surface area contributed by atoms with Gasteiger partial charge in [-0.05, 0) is 66.9 Å². The molecule has 9 nitrogen and oxygen atoms in total. The summed E-state index contributed by atoms with van der Waals surface area (Å²) in [6.45, 7) is 3.88. The number of aromatic nitrogens is 4. The lowest BCUT2D eigenvalue weighted by molar-refractivity contribution is 0.312. The number of fused-ring (bicyclic) bond motifs is 2. The van der Waals surface area contributed by atoms with E-state index in [0.29, 0.717) is 28.4 Å². The van der Waals surface area contributed by atoms with Crippen LogP contribution in [-0.4, -0.2) is 45.8 Å². The van der Waals surface area contributed by atoms with Gasteiger partial charge in [-0.25, -0.2) is 4.98 Å². The molecule has 2 aromatic carbocycles. The third-order valence-corrected chi connectivity index (χ3v) is 6.13. The number of rotatable bonds is 4. The second-order valence-electron chi connectivity index (χ2n) is 8.40. The molecule has 1 aliphatic rings. The highest BCUT2D eigenvalue weighted by Crippen LogP contribution is 2.34. The van der Waals surface area contributed by atoms with Crippen LogP contribution >= 0.6 is 0 Å². The first kappa shape index (κ1) is 20.9. The summed E-state index contributed by atoms with van der Waals surface area (Å²) in [6.07, 6.45) is 4.41. The van der Waals surface area contributed by atoms with E-state index in [2.05, 4.69) is 49.6 Å². The van der Waals surface area contributed by atoms with Crippen molar-refractivity contribution < 1.29 is 4.74 Å². The smallest absolute Gasteiger partial charge is 0.247 e. The van der Waals surface area contributed by atoms with Crippen LogP contribution in [0.15, 0.2) is 36.7 Å². The lowest BCUT2D eigenvalue weighted by atomic mass is 9.99. The predicted molar refractivity (Wildman–Crippen MR) is 130 cm³/mol. The Morgan fingerprint density at radius 1 is 1.03 bits per heavy atom. The molecular formula is C24H26N8O. The quantitative estimate of drug-likeness (QED) is 0.408. The molecule has 0 radical (unpaired) electrons. The number of hydrogen-bond donors (Lipinski definition) is 3. The summed E-state index contributed by atoms with van der Waals surface area (Å²) < 4.78 is 5.63. The van der Waals surface area contributed by atoms with E-state index in [1.165, 1.54) is 11.1 Å². The fourth-order valence-corrected chi connectivity index (χ4v) is 4.22. The molecule has 4 aromatic rings. The number of nitrogens with one attached hydrogen (secondary N) is 1. The normalized spacial score (nSPS) is 13.7. The van der Waals surface area contributed by atoms with Crippen LogP contribution in [0.5, 0.6) is 5.75 Å². The van der Waals surface area contributed by atoms with Crippen molar-refractivity contribution in [2.75, 3.05) is 37.5 Å². The highest BCUT2D eigenvalue weighted by molar-refractivity contribution is 5.92. The summed E-state index contributed by atoms with van der Waals surface area (Å²) >= 11 is 0. The number of ether oxygens (including phenoxy) is 1. The van der Waals surface area contributed by atoms with E-state index >= 15 is 0 Å². The van der Waals surface area contributed by atoms with Crippen LogP contribution in [0, 0.1) is 6.92 Å². The third kappa shape index (κ3) is 3.87. The lowest BCUT2D eigenvalue weighted by Gasteiger charge is -2.26. The highest BCUT2D eigenvalue weighted by Gasteiger charge is 2.18. The first-order chi connectivity index (χ1) is 15.9. The summed E-state index contributed by atoms with van der Waals surface area (Å²) in [5.41, 5.74) is 20.7. The molecule has 0 amide bonds. The van der Waals surface area contributed by atoms with E-state index in [0.717, 1.165) is 47.6 Å². The number of nitrogen functional groups attached to an aromatic ring is 2. The minimum absolute atomic E-state index is 0.365. The van der Waals surface area contributed by atoms with Gasteiger partial charge in [-0.2, -0.15) is 0 Å². The van der Waals surface area contributed by atoms with Crippen LogP contribution < -0.4 is 21.5 Å². The van der Waals surface area contributed by atoms with Gasteiger partial charge in [0.2, 0.25) is 5.95 Å². The van der Waals surface area contributed by atoms with Gasteiger partial charge in [0.25, 0.3) is 0 Å². The van der Waals surface area contributed by atoms with Gasteiger partial charge in [-0.15, -0.1) is 10.2 Å². The van der Waals surface area contributed by atoms with Crippen molar-refractivity contribution in [1.82, 2.24) is 25.1 Å². The predicted octanol–water partition coefficient (Wildman–Crippen LogP) is 3.30. The van der Waals surface area contributed by atoms with E-state index in [1.54, 1.807) is 19.5 Å². The van der Waals surface area contributed by atoms with Crippen LogP contribution in [0.4, 0.5) is 23.0 Å². The largest absolute Gasteiger partial charge is 0.495 e. The molecule has 0 saturated heterocycles. The zero-order valence-corrected chi connectivity index (χ0v) is 18.9. The van der Waals surface area contributed by atoms with Crippen molar-refractivity contribution >= 4 is 34.0 Å². The average molecular weight is 443 g/mol. The van der Waals surface area contributed by atoms with Crippen LogP contribution in [0.2, 0.25) is 0 Å². The Hall–Kier alpha value is -3.98. The van der Waals surface area contributed by atoms with E-state index in [1.807, 2.05) is 19.1 Å². The Morgan fingerprint density at radius 2 is 1.88 bits per heavy atom. The Balaban J connectivity index is 1.55. The summed E-state index contributed by atoms with van der Waals surface area (Å²) in [6, 6.07) is 7.96. The van der Waals surface area contributed by atoms with E-state index < -0.39 is 0 Å². The molecule has 0 bridgehead atoms. The zero-order chi connectivity index (χ0) is 23.1. The van der Waals surface area contributed by atoms with Crippen molar-refractivity contribution in [3.05, 3.63) is 53.3 Å². The summed E-state index contributed by atoms with van der Waals surface area (Å²) in [7, 11) is 3.78. The number of pyridine rings is 1. The molecule has 1 aliphatic heterocycles. The fraction of sp³-hybridized carbons (Fsp3) is 0.250. The Bertz CT molecular complexity index is 1370. The molecular weight excluding hydrogens is 416 g/mol. The van der Waals surface area contributed by atoms with Crippen LogP contribution in [0.1, 0.15) is 16.7 Å². The standard InChI is InChI=1S/C24H26N8O/c1-13-17(10-27-11-19(13)26)15-6-18(25)23-21(7-15)29-24(31-30-23)28-20-8-16-12-32(2)5-4-14(16)9-22(20)33-3/h6-11H,4-5,12,25-26H2,1-3H3,(H,28,29,31). The van der Waals surface area contributed by atoms with Gasteiger partial charge in [0.1, 0.15) is 11.3 Å². The molecule has 0 fully saturated rings. The number of likely N-dealkylation sites (N-methyl/N-ethyl adjacent to an activating group) is 1. The van der Waals surface area contributed by atoms with Crippen LogP contribution in [-0.2, 0) is 13.0 Å². The van der Waals surface area contributed by atoms with Crippen molar-refractivity contribution in [3.63, 3.8) is 0 Å². The maximum absolute atomic E-state index is 6.28. The lowest BCUT2D eigenvalue weighted by Crippen LogP contribution is -2.26. The molecule has 9 heteroatoms. The number of anilines is 4. The second kappa shape index (κ2) is 8.18. The van der Waals surface area contributed by atoms with Gasteiger partial charge >= 0.3 is 0 Å². The minimum Gasteiger partial charge on any atom is -0.495 e. The monoisotopic (exact) mass is 442 g/mol. The van der Waals surface area contributed by atoms with E-state index in [9.17, 15) is 0 Å². The number of hydrogen-bond acceptors (Lipinski definition) is 9. The molecule has 0 atom stereocenters. The van der Waals surface area contributed by atoms with Gasteiger partial charge in [0.05, 0.1) is 35.9 Å². The van der Waals surface area contributed by atoms with Crippen molar-refractivity contribution in [2.24, 2.45) is 0 Å². The second-order valence-corrected chi connectivity index (χ2v) is 8.40. The molecule has 3 heterocycles. The molecule has 5 N–H and O–H groups in total. The topological polar surface area (TPSA) is 128 Å². The molecule has 2 aromatic heterocycles. The first-order valence-electron chi connectivity index (χ1n) is 10.7. The number of nitrogens with zero attached hydrogens (tertiary/aromatic N) is 5. The summed E-state index contributed by atoms with van der Waals surface area (Å²) in [5, 5.41) is 11.8. The SMILES string of the molecule is COc1cc2c(cc1Nc1nnc3c(N)cc(-c4cncc(N)c4C)cc3n1)CN(C)CC2. The Kier molecular flexibility index (Phi) is 5.18. The van der Waals surface area contributed by atoms with Crippen molar-refractivity contribution in [3.8, 4) is 16.9 Å². The molecule has 0 aliphatic carbocycles. The summed E-state index contributed by atoms with van der Waals surface area (Å²) in [5.74, 6) is 1.11. The minimum atomic E-state index is 0.365. The van der Waals surface area contributed by atoms with Gasteiger partial charge in [-0.1, -0.05) is 0 Å². The van der Waals surface area contributed by atoms with Crippen molar-refractivity contribution in [2.45, 2.75) is 19.9 Å². The molecule has 33 heavy (non-hydrogen) atoms. The third-order valence-electron chi connectivity index (χ3n) is 6.13. The maximum atomic E-state index is 6.28. The van der Waals surface area contributed by atoms with Crippen molar-refractivity contribution in [1.29, 1.82) is 0 Å². The van der Waals surface area contributed by atoms with Crippen LogP contribution in [0.3, 0.4) is 0 Å².